The number of carboxylic acid groups (broad SMARTS) is 1. The van der Waals surface area contributed by atoms with Crippen LogP contribution in [0.2, 0.25) is 0 Å². The van der Waals surface area contributed by atoms with Gasteiger partial charge in [0.25, 0.3) is 5.91 Å². The van der Waals surface area contributed by atoms with Crippen molar-refractivity contribution in [2.45, 2.75) is 58.5 Å². The van der Waals surface area contributed by atoms with Gasteiger partial charge in [-0.25, -0.2) is 4.79 Å². The molecule has 5 nitrogen and oxygen atoms in total. The maximum Gasteiger partial charge on any atom is 0.407 e. The van der Waals surface area contributed by atoms with Gasteiger partial charge in [-0.05, 0) is 65.8 Å². The standard InChI is InChI=1S/C31H36N2O3/c1-31(2)18-15-27(16-19-31)33(30(35)36)22-26-14-13-25(24-11-7-4-8-12-24)21-28(26)29(34)32-20-17-23-9-5-3-6-10-23/h3-14,21,27H,15-20,22H2,1-2H3,(H,32,34)(H,35,36). The van der Waals surface area contributed by atoms with E-state index >= 15 is 0 Å². The summed E-state index contributed by atoms with van der Waals surface area (Å²) in [4.78, 5) is 27.2. The Bertz CT molecular complexity index is 1160. The molecule has 3 aromatic carbocycles. The second kappa shape index (κ2) is 11.4. The van der Waals surface area contributed by atoms with Crippen LogP contribution in [0.4, 0.5) is 4.79 Å². The Morgan fingerprint density at radius 1 is 0.917 bits per heavy atom. The second-order valence-corrected chi connectivity index (χ2v) is 10.5. The highest BCUT2D eigenvalue weighted by atomic mass is 16.4. The molecule has 36 heavy (non-hydrogen) atoms. The summed E-state index contributed by atoms with van der Waals surface area (Å²) in [6.45, 7) is 5.21. The quantitative estimate of drug-likeness (QED) is 0.370. The van der Waals surface area contributed by atoms with Crippen molar-refractivity contribution in [1.82, 2.24) is 10.2 Å². The average Bonchev–Trinajstić information content (AvgIpc) is 2.88. The van der Waals surface area contributed by atoms with Crippen LogP contribution in [-0.2, 0) is 13.0 Å². The lowest BCUT2D eigenvalue weighted by atomic mass is 9.75. The van der Waals surface area contributed by atoms with Crippen LogP contribution in [-0.4, -0.2) is 34.6 Å². The highest BCUT2D eigenvalue weighted by molar-refractivity contribution is 5.97. The van der Waals surface area contributed by atoms with E-state index in [4.69, 9.17) is 0 Å². The van der Waals surface area contributed by atoms with Crippen LogP contribution in [0.25, 0.3) is 11.1 Å². The Morgan fingerprint density at radius 2 is 1.56 bits per heavy atom. The summed E-state index contributed by atoms with van der Waals surface area (Å²) in [6.07, 6.45) is 3.50. The minimum Gasteiger partial charge on any atom is -0.465 e. The van der Waals surface area contributed by atoms with E-state index in [-0.39, 0.29) is 23.9 Å². The summed E-state index contributed by atoms with van der Waals surface area (Å²) < 4.78 is 0. The first-order chi connectivity index (χ1) is 17.3. The number of benzene rings is 3. The molecule has 1 aliphatic rings. The topological polar surface area (TPSA) is 69.6 Å². The molecule has 2 N–H and O–H groups in total. The highest BCUT2D eigenvalue weighted by Gasteiger charge is 2.32. The van der Waals surface area contributed by atoms with Gasteiger partial charge in [0, 0.05) is 18.2 Å². The molecule has 0 atom stereocenters. The molecule has 188 valence electrons. The lowest BCUT2D eigenvalue weighted by molar-refractivity contribution is 0.0840. The minimum absolute atomic E-state index is 0.0293. The van der Waals surface area contributed by atoms with Gasteiger partial charge >= 0.3 is 6.09 Å². The van der Waals surface area contributed by atoms with Crippen molar-refractivity contribution in [1.29, 1.82) is 0 Å². The molecule has 1 saturated carbocycles. The Kier molecular flexibility index (Phi) is 8.09. The normalized spacial score (nSPS) is 15.3. The SMILES string of the molecule is CC1(C)CCC(N(Cc2ccc(-c3ccccc3)cc2C(=O)NCCc2ccccc2)C(=O)O)CC1. The largest absolute Gasteiger partial charge is 0.465 e. The second-order valence-electron chi connectivity index (χ2n) is 10.5. The van der Waals surface area contributed by atoms with Crippen molar-refractivity contribution in [3.05, 3.63) is 95.6 Å². The molecule has 0 heterocycles. The number of hydrogen-bond acceptors (Lipinski definition) is 2. The van der Waals surface area contributed by atoms with Gasteiger partial charge in [-0.2, -0.15) is 0 Å². The van der Waals surface area contributed by atoms with Crippen LogP contribution < -0.4 is 5.32 Å². The smallest absolute Gasteiger partial charge is 0.407 e. The third-order valence-electron chi connectivity index (χ3n) is 7.34. The van der Waals surface area contributed by atoms with Gasteiger partial charge < -0.3 is 15.3 Å². The monoisotopic (exact) mass is 484 g/mol. The van der Waals surface area contributed by atoms with E-state index in [0.29, 0.717) is 12.1 Å². The summed E-state index contributed by atoms with van der Waals surface area (Å²) >= 11 is 0. The van der Waals surface area contributed by atoms with Crippen LogP contribution in [0, 0.1) is 5.41 Å². The Hall–Kier alpha value is -3.60. The molecule has 2 amide bonds. The molecule has 3 aromatic rings. The summed E-state index contributed by atoms with van der Waals surface area (Å²) in [5.41, 5.74) is 4.64. The molecular formula is C31H36N2O3. The molecule has 0 unspecified atom stereocenters. The zero-order valence-electron chi connectivity index (χ0n) is 21.2. The van der Waals surface area contributed by atoms with Gasteiger partial charge in [-0.3, -0.25) is 4.79 Å². The van der Waals surface area contributed by atoms with E-state index in [2.05, 4.69) is 19.2 Å². The fraction of sp³-hybridized carbons (Fsp3) is 0.355. The average molecular weight is 485 g/mol. The third-order valence-corrected chi connectivity index (χ3v) is 7.34. The maximum absolute atomic E-state index is 13.4. The van der Waals surface area contributed by atoms with Crippen molar-refractivity contribution in [2.75, 3.05) is 6.54 Å². The maximum atomic E-state index is 13.4. The van der Waals surface area contributed by atoms with Crippen LogP contribution >= 0.6 is 0 Å². The zero-order chi connectivity index (χ0) is 25.5. The van der Waals surface area contributed by atoms with Gasteiger partial charge in [0.05, 0.1) is 6.54 Å². The number of nitrogens with zero attached hydrogens (tertiary/aromatic N) is 1. The van der Waals surface area contributed by atoms with E-state index in [9.17, 15) is 14.7 Å². The predicted molar refractivity (Wildman–Crippen MR) is 144 cm³/mol. The predicted octanol–water partition coefficient (Wildman–Crippen LogP) is 6.77. The first-order valence-corrected chi connectivity index (χ1v) is 12.8. The number of nitrogens with one attached hydrogen (secondary N) is 1. The Balaban J connectivity index is 1.57. The molecule has 4 rings (SSSR count). The van der Waals surface area contributed by atoms with E-state index in [0.717, 1.165) is 54.4 Å². The molecule has 0 saturated heterocycles. The molecule has 0 aromatic heterocycles. The van der Waals surface area contributed by atoms with E-state index in [1.165, 1.54) is 4.90 Å². The highest BCUT2D eigenvalue weighted by Crippen LogP contribution is 2.37. The van der Waals surface area contributed by atoms with Crippen LogP contribution in [0.1, 0.15) is 61.0 Å². The molecule has 0 radical (unpaired) electrons. The first kappa shape index (κ1) is 25.5. The molecule has 1 aliphatic carbocycles. The van der Waals surface area contributed by atoms with Crippen LogP contribution in [0.3, 0.4) is 0 Å². The number of carbonyl (C=O) groups excluding carboxylic acids is 1. The summed E-state index contributed by atoms with van der Waals surface area (Å²) in [6, 6.07) is 25.7. The van der Waals surface area contributed by atoms with Crippen LogP contribution in [0.15, 0.2) is 78.9 Å². The van der Waals surface area contributed by atoms with Crippen LogP contribution in [0.5, 0.6) is 0 Å². The van der Waals surface area contributed by atoms with Gasteiger partial charge in [0.15, 0.2) is 0 Å². The van der Waals surface area contributed by atoms with Gasteiger partial charge in [0.1, 0.15) is 0 Å². The number of hydrogen-bond donors (Lipinski definition) is 2. The summed E-state index contributed by atoms with van der Waals surface area (Å²) in [5.74, 6) is -0.172. The molecule has 0 spiro atoms. The van der Waals surface area contributed by atoms with Crippen molar-refractivity contribution >= 4 is 12.0 Å². The number of amides is 2. The molecule has 1 fully saturated rings. The first-order valence-electron chi connectivity index (χ1n) is 12.8. The van der Waals surface area contributed by atoms with Crippen molar-refractivity contribution in [3.8, 4) is 11.1 Å². The third kappa shape index (κ3) is 6.54. The zero-order valence-corrected chi connectivity index (χ0v) is 21.2. The molecular weight excluding hydrogens is 448 g/mol. The van der Waals surface area contributed by atoms with E-state index in [1.54, 1.807) is 0 Å². The van der Waals surface area contributed by atoms with E-state index in [1.807, 2.05) is 78.9 Å². The fourth-order valence-electron chi connectivity index (χ4n) is 5.03. The summed E-state index contributed by atoms with van der Waals surface area (Å²) in [7, 11) is 0. The lowest BCUT2D eigenvalue weighted by Gasteiger charge is -2.39. The van der Waals surface area contributed by atoms with Gasteiger partial charge in [-0.1, -0.05) is 86.6 Å². The van der Waals surface area contributed by atoms with Crippen molar-refractivity contribution in [2.24, 2.45) is 5.41 Å². The van der Waals surface area contributed by atoms with Gasteiger partial charge in [0.2, 0.25) is 0 Å². The lowest BCUT2D eigenvalue weighted by Crippen LogP contribution is -2.42. The minimum atomic E-state index is -0.928. The number of carbonyl (C=O) groups is 2. The Morgan fingerprint density at radius 3 is 2.19 bits per heavy atom. The van der Waals surface area contributed by atoms with Crippen molar-refractivity contribution in [3.63, 3.8) is 0 Å². The molecule has 0 aliphatic heterocycles. The summed E-state index contributed by atoms with van der Waals surface area (Å²) in [5, 5.41) is 13.1. The molecule has 5 heteroatoms. The molecule has 0 bridgehead atoms. The number of rotatable bonds is 8. The van der Waals surface area contributed by atoms with E-state index < -0.39 is 6.09 Å². The van der Waals surface area contributed by atoms with Crippen molar-refractivity contribution < 1.29 is 14.7 Å². The van der Waals surface area contributed by atoms with Gasteiger partial charge in [-0.15, -0.1) is 0 Å². The Labute approximate surface area is 214 Å². The fourth-order valence-corrected chi connectivity index (χ4v) is 5.03.